The van der Waals surface area contributed by atoms with Crippen LogP contribution in [0.2, 0.25) is 5.02 Å². The summed E-state index contributed by atoms with van der Waals surface area (Å²) in [5.74, 6) is -0.364. The molecule has 0 saturated carbocycles. The first-order valence-electron chi connectivity index (χ1n) is 6.40. The number of methoxy groups -OCH3 is 1. The summed E-state index contributed by atoms with van der Waals surface area (Å²) in [5, 5.41) is 3.98. The molecule has 0 amide bonds. The van der Waals surface area contributed by atoms with Crippen molar-refractivity contribution in [2.24, 2.45) is 5.73 Å². The van der Waals surface area contributed by atoms with E-state index in [0.29, 0.717) is 5.02 Å². The van der Waals surface area contributed by atoms with Crippen LogP contribution in [0.1, 0.15) is 18.4 Å². The molecule has 4 nitrogen and oxygen atoms in total. The van der Waals surface area contributed by atoms with E-state index >= 15 is 0 Å². The van der Waals surface area contributed by atoms with Gasteiger partial charge < -0.3 is 15.8 Å². The zero-order valence-corrected chi connectivity index (χ0v) is 11.7. The minimum Gasteiger partial charge on any atom is -0.468 e. The number of piperidine rings is 1. The predicted octanol–water partition coefficient (Wildman–Crippen LogP) is 1.46. The fourth-order valence-corrected chi connectivity index (χ4v) is 2.91. The van der Waals surface area contributed by atoms with Gasteiger partial charge in [-0.3, -0.25) is 4.79 Å². The van der Waals surface area contributed by atoms with Crippen LogP contribution in [0.4, 0.5) is 0 Å². The lowest BCUT2D eigenvalue weighted by Gasteiger charge is -2.41. The zero-order valence-electron chi connectivity index (χ0n) is 11.0. The second-order valence-corrected chi connectivity index (χ2v) is 5.35. The summed E-state index contributed by atoms with van der Waals surface area (Å²) in [6, 6.07) is 6.93. The Balaban J connectivity index is 2.39. The molecule has 1 fully saturated rings. The van der Waals surface area contributed by atoms with Crippen LogP contribution in [0.15, 0.2) is 24.3 Å². The predicted molar refractivity (Wildman–Crippen MR) is 75.2 cm³/mol. The van der Waals surface area contributed by atoms with E-state index in [2.05, 4.69) is 5.32 Å². The largest absolute Gasteiger partial charge is 0.468 e. The van der Waals surface area contributed by atoms with Gasteiger partial charge in [0.2, 0.25) is 0 Å². The van der Waals surface area contributed by atoms with Gasteiger partial charge in [-0.15, -0.1) is 0 Å². The molecule has 1 atom stereocenters. The second-order valence-electron chi connectivity index (χ2n) is 4.91. The SMILES string of the molecule is COC(=O)[C@@H](N)C1(c2ccc(Cl)cc2)CCNCC1. The molecule has 1 aromatic carbocycles. The Bertz CT molecular complexity index is 441. The van der Waals surface area contributed by atoms with E-state index in [9.17, 15) is 4.79 Å². The van der Waals surface area contributed by atoms with Crippen molar-refractivity contribution in [1.82, 2.24) is 5.32 Å². The van der Waals surface area contributed by atoms with Crippen molar-refractivity contribution in [3.8, 4) is 0 Å². The van der Waals surface area contributed by atoms with Gasteiger partial charge in [0.15, 0.2) is 0 Å². The lowest BCUT2D eigenvalue weighted by atomic mass is 9.68. The Morgan fingerprint density at radius 2 is 1.95 bits per heavy atom. The fraction of sp³-hybridized carbons (Fsp3) is 0.500. The van der Waals surface area contributed by atoms with Crippen molar-refractivity contribution in [3.05, 3.63) is 34.9 Å². The van der Waals surface area contributed by atoms with Crippen LogP contribution in [0.3, 0.4) is 0 Å². The molecule has 104 valence electrons. The highest BCUT2D eigenvalue weighted by molar-refractivity contribution is 6.30. The van der Waals surface area contributed by atoms with E-state index in [1.165, 1.54) is 7.11 Å². The van der Waals surface area contributed by atoms with E-state index in [4.69, 9.17) is 22.1 Å². The molecule has 1 saturated heterocycles. The highest BCUT2D eigenvalue weighted by atomic mass is 35.5. The molecule has 0 aromatic heterocycles. The molecule has 1 aromatic rings. The van der Waals surface area contributed by atoms with Crippen LogP contribution in [0, 0.1) is 0 Å². The molecule has 0 unspecified atom stereocenters. The Hall–Kier alpha value is -1.10. The van der Waals surface area contributed by atoms with Crippen molar-refractivity contribution >= 4 is 17.6 Å². The second kappa shape index (κ2) is 5.90. The van der Waals surface area contributed by atoms with E-state index in [0.717, 1.165) is 31.5 Å². The first-order chi connectivity index (χ1) is 9.10. The molecule has 0 aliphatic carbocycles. The van der Waals surface area contributed by atoms with Gasteiger partial charge in [0.25, 0.3) is 0 Å². The molecule has 3 N–H and O–H groups in total. The molecule has 1 aliphatic heterocycles. The van der Waals surface area contributed by atoms with Gasteiger partial charge in [-0.25, -0.2) is 0 Å². The average Bonchev–Trinajstić information content (AvgIpc) is 2.47. The molecule has 0 spiro atoms. The number of nitrogens with two attached hydrogens (primary N) is 1. The number of ether oxygens (including phenoxy) is 1. The van der Waals surface area contributed by atoms with E-state index in [1.54, 1.807) is 0 Å². The molecular formula is C14H19ClN2O2. The maximum atomic E-state index is 11.9. The Morgan fingerprint density at radius 3 is 2.47 bits per heavy atom. The number of hydrogen-bond acceptors (Lipinski definition) is 4. The molecule has 2 rings (SSSR count). The smallest absolute Gasteiger partial charge is 0.323 e. The lowest BCUT2D eigenvalue weighted by Crippen LogP contribution is -2.55. The zero-order chi connectivity index (χ0) is 13.9. The maximum Gasteiger partial charge on any atom is 0.323 e. The van der Waals surface area contributed by atoms with Crippen molar-refractivity contribution in [2.45, 2.75) is 24.3 Å². The average molecular weight is 283 g/mol. The van der Waals surface area contributed by atoms with Crippen LogP contribution in [-0.2, 0) is 14.9 Å². The molecule has 1 aliphatic rings. The summed E-state index contributed by atoms with van der Waals surface area (Å²) in [5.41, 5.74) is 6.85. The summed E-state index contributed by atoms with van der Waals surface area (Å²) in [4.78, 5) is 11.9. The standard InChI is InChI=1S/C14H19ClN2O2/c1-19-13(18)12(16)14(6-8-17-9-7-14)10-2-4-11(15)5-3-10/h2-5,12,17H,6-9,16H2,1H3/t12-/m1/s1. The van der Waals surface area contributed by atoms with Crippen LogP contribution in [-0.4, -0.2) is 32.2 Å². The number of hydrogen-bond donors (Lipinski definition) is 2. The van der Waals surface area contributed by atoms with Gasteiger partial charge in [-0.05, 0) is 43.6 Å². The number of benzene rings is 1. The minimum atomic E-state index is -0.652. The quantitative estimate of drug-likeness (QED) is 0.824. The van der Waals surface area contributed by atoms with Crippen LogP contribution >= 0.6 is 11.6 Å². The molecule has 0 radical (unpaired) electrons. The van der Waals surface area contributed by atoms with Crippen LogP contribution < -0.4 is 11.1 Å². The number of carbonyl (C=O) groups is 1. The van der Waals surface area contributed by atoms with Crippen LogP contribution in [0.25, 0.3) is 0 Å². The number of nitrogens with one attached hydrogen (secondary N) is 1. The van der Waals surface area contributed by atoms with Gasteiger partial charge >= 0.3 is 5.97 Å². The number of carbonyl (C=O) groups excluding carboxylic acids is 1. The third kappa shape index (κ3) is 2.76. The Kier molecular flexibility index (Phi) is 4.45. The van der Waals surface area contributed by atoms with Gasteiger partial charge in [0.1, 0.15) is 6.04 Å². The van der Waals surface area contributed by atoms with Crippen LogP contribution in [0.5, 0.6) is 0 Å². The summed E-state index contributed by atoms with van der Waals surface area (Å²) in [6.45, 7) is 1.68. The van der Waals surface area contributed by atoms with E-state index in [1.807, 2.05) is 24.3 Å². The first-order valence-corrected chi connectivity index (χ1v) is 6.78. The van der Waals surface area contributed by atoms with Crippen molar-refractivity contribution in [3.63, 3.8) is 0 Å². The number of rotatable bonds is 3. The Morgan fingerprint density at radius 1 is 1.37 bits per heavy atom. The van der Waals surface area contributed by atoms with Gasteiger partial charge in [0.05, 0.1) is 7.11 Å². The van der Waals surface area contributed by atoms with Crippen molar-refractivity contribution in [1.29, 1.82) is 0 Å². The summed E-state index contributed by atoms with van der Waals surface area (Å²) in [6.07, 6.45) is 1.62. The topological polar surface area (TPSA) is 64.3 Å². The molecular weight excluding hydrogens is 264 g/mol. The van der Waals surface area contributed by atoms with E-state index in [-0.39, 0.29) is 11.4 Å². The highest BCUT2D eigenvalue weighted by Gasteiger charge is 2.43. The monoisotopic (exact) mass is 282 g/mol. The molecule has 19 heavy (non-hydrogen) atoms. The lowest BCUT2D eigenvalue weighted by molar-refractivity contribution is -0.144. The highest BCUT2D eigenvalue weighted by Crippen LogP contribution is 2.37. The number of halogens is 1. The minimum absolute atomic E-state index is 0.364. The summed E-state index contributed by atoms with van der Waals surface area (Å²) >= 11 is 5.93. The Labute approximate surface area is 118 Å². The summed E-state index contributed by atoms with van der Waals surface area (Å²) in [7, 11) is 1.37. The normalized spacial score (nSPS) is 19.7. The van der Waals surface area contributed by atoms with Crippen molar-refractivity contribution < 1.29 is 9.53 Å². The van der Waals surface area contributed by atoms with E-state index < -0.39 is 6.04 Å². The van der Waals surface area contributed by atoms with Crippen molar-refractivity contribution in [2.75, 3.05) is 20.2 Å². The summed E-state index contributed by atoms with van der Waals surface area (Å²) < 4.78 is 4.83. The molecule has 1 heterocycles. The van der Waals surface area contributed by atoms with Gasteiger partial charge in [-0.2, -0.15) is 0 Å². The first kappa shape index (κ1) is 14.3. The maximum absolute atomic E-state index is 11.9. The third-order valence-electron chi connectivity index (χ3n) is 3.97. The van der Waals surface area contributed by atoms with Gasteiger partial charge in [-0.1, -0.05) is 23.7 Å². The molecule has 5 heteroatoms. The third-order valence-corrected chi connectivity index (χ3v) is 4.22. The fourth-order valence-electron chi connectivity index (χ4n) is 2.79. The molecule has 0 bridgehead atoms. The number of esters is 1. The van der Waals surface area contributed by atoms with Gasteiger partial charge in [0, 0.05) is 10.4 Å².